The van der Waals surface area contributed by atoms with Crippen LogP contribution in [0.4, 0.5) is 0 Å². The van der Waals surface area contributed by atoms with Gasteiger partial charge in [-0.15, -0.1) is 0 Å². The Hall–Kier alpha value is -2.75. The van der Waals surface area contributed by atoms with Crippen LogP contribution >= 0.6 is 0 Å². The molecular weight excluding hydrogens is 296 g/mol. The van der Waals surface area contributed by atoms with E-state index in [-0.39, 0.29) is 28.8 Å². The van der Waals surface area contributed by atoms with Crippen molar-refractivity contribution in [2.24, 2.45) is 12.5 Å². The van der Waals surface area contributed by atoms with Gasteiger partial charge in [0.2, 0.25) is 0 Å². The van der Waals surface area contributed by atoms with Crippen LogP contribution in [0.3, 0.4) is 0 Å². The quantitative estimate of drug-likeness (QED) is 0.775. The molecule has 1 aliphatic carbocycles. The SMILES string of the molecule is Cn1c(=O)n(CC#N)c(=O)c2c3c(cnc21)C(=O)CC(C)(C)C3. The maximum absolute atomic E-state index is 12.7. The highest BCUT2D eigenvalue weighted by Gasteiger charge is 2.33. The lowest BCUT2D eigenvalue weighted by atomic mass is 9.73. The van der Waals surface area contributed by atoms with Crippen LogP contribution in [0.2, 0.25) is 0 Å². The number of fused-ring (bicyclic) bond motifs is 3. The van der Waals surface area contributed by atoms with E-state index in [1.807, 2.05) is 19.9 Å². The zero-order valence-electron chi connectivity index (χ0n) is 13.2. The highest BCUT2D eigenvalue weighted by molar-refractivity contribution is 6.02. The summed E-state index contributed by atoms with van der Waals surface area (Å²) in [6, 6.07) is 1.82. The zero-order valence-corrected chi connectivity index (χ0v) is 13.2. The molecule has 0 unspecified atom stereocenters. The van der Waals surface area contributed by atoms with Gasteiger partial charge in [-0.25, -0.2) is 14.3 Å². The molecule has 0 saturated heterocycles. The summed E-state index contributed by atoms with van der Waals surface area (Å²) in [5, 5.41) is 9.13. The predicted molar refractivity (Wildman–Crippen MR) is 83.3 cm³/mol. The van der Waals surface area contributed by atoms with Gasteiger partial charge in [0.25, 0.3) is 5.56 Å². The lowest BCUT2D eigenvalue weighted by Crippen LogP contribution is -2.40. The lowest BCUT2D eigenvalue weighted by molar-refractivity contribution is 0.0912. The fourth-order valence-corrected chi connectivity index (χ4v) is 3.22. The molecule has 118 valence electrons. The van der Waals surface area contributed by atoms with Crippen molar-refractivity contribution in [1.29, 1.82) is 5.26 Å². The van der Waals surface area contributed by atoms with Gasteiger partial charge < -0.3 is 0 Å². The summed E-state index contributed by atoms with van der Waals surface area (Å²) in [5.41, 5.74) is -0.0880. The summed E-state index contributed by atoms with van der Waals surface area (Å²) in [6.07, 6.45) is 2.39. The van der Waals surface area contributed by atoms with Crippen molar-refractivity contribution in [1.82, 2.24) is 14.1 Å². The highest BCUT2D eigenvalue weighted by Crippen LogP contribution is 2.36. The number of hydrogen-bond acceptors (Lipinski definition) is 5. The molecule has 0 fully saturated rings. The fourth-order valence-electron chi connectivity index (χ4n) is 3.22. The van der Waals surface area contributed by atoms with Gasteiger partial charge in [0.15, 0.2) is 5.78 Å². The van der Waals surface area contributed by atoms with Crippen molar-refractivity contribution in [2.45, 2.75) is 33.2 Å². The molecule has 0 spiro atoms. The number of rotatable bonds is 1. The number of aromatic nitrogens is 3. The maximum Gasteiger partial charge on any atom is 0.333 e. The van der Waals surface area contributed by atoms with E-state index in [0.717, 1.165) is 4.57 Å². The molecule has 0 aliphatic heterocycles. The van der Waals surface area contributed by atoms with Crippen molar-refractivity contribution in [2.75, 3.05) is 0 Å². The third kappa shape index (κ3) is 2.18. The Morgan fingerprint density at radius 2 is 2.00 bits per heavy atom. The smallest absolute Gasteiger partial charge is 0.294 e. The summed E-state index contributed by atoms with van der Waals surface area (Å²) in [7, 11) is 1.51. The molecule has 2 heterocycles. The monoisotopic (exact) mass is 312 g/mol. The summed E-state index contributed by atoms with van der Waals surface area (Å²) in [4.78, 5) is 41.5. The van der Waals surface area contributed by atoms with E-state index in [4.69, 9.17) is 5.26 Å². The van der Waals surface area contributed by atoms with Crippen LogP contribution in [0, 0.1) is 16.7 Å². The van der Waals surface area contributed by atoms with Gasteiger partial charge in [0.1, 0.15) is 12.2 Å². The Morgan fingerprint density at radius 1 is 1.30 bits per heavy atom. The van der Waals surface area contributed by atoms with Gasteiger partial charge in [-0.05, 0) is 17.4 Å². The minimum Gasteiger partial charge on any atom is -0.294 e. The molecule has 0 amide bonds. The van der Waals surface area contributed by atoms with Crippen molar-refractivity contribution in [3.05, 3.63) is 38.2 Å². The first-order chi connectivity index (χ1) is 10.8. The molecule has 0 aromatic carbocycles. The number of nitrogens with zero attached hydrogens (tertiary/aromatic N) is 4. The zero-order chi connectivity index (χ0) is 16.9. The molecule has 3 rings (SSSR count). The van der Waals surface area contributed by atoms with E-state index in [1.54, 1.807) is 0 Å². The number of carbonyl (C=O) groups excluding carboxylic acids is 1. The Bertz CT molecular complexity index is 1010. The van der Waals surface area contributed by atoms with E-state index in [0.29, 0.717) is 24.0 Å². The number of aryl methyl sites for hydroxylation is 1. The molecule has 2 aromatic heterocycles. The number of hydrogen-bond donors (Lipinski definition) is 0. The third-order valence-electron chi connectivity index (χ3n) is 4.28. The summed E-state index contributed by atoms with van der Waals surface area (Å²) in [5.74, 6) is -0.0502. The Labute approximate surface area is 131 Å². The van der Waals surface area contributed by atoms with Crippen molar-refractivity contribution >= 4 is 16.8 Å². The number of Topliss-reactive ketones (excluding diaryl/α,β-unsaturated/α-hetero) is 1. The molecule has 0 N–H and O–H groups in total. The van der Waals surface area contributed by atoms with Crippen LogP contribution < -0.4 is 11.2 Å². The van der Waals surface area contributed by atoms with E-state index in [9.17, 15) is 14.4 Å². The lowest BCUT2D eigenvalue weighted by Gasteiger charge is -2.30. The molecule has 2 aromatic rings. The molecule has 7 heteroatoms. The third-order valence-corrected chi connectivity index (χ3v) is 4.28. The number of pyridine rings is 1. The van der Waals surface area contributed by atoms with E-state index in [2.05, 4.69) is 4.98 Å². The Kier molecular flexibility index (Phi) is 3.22. The topological polar surface area (TPSA) is 97.8 Å². The average molecular weight is 312 g/mol. The predicted octanol–water partition coefficient (Wildman–Crippen LogP) is 0.774. The largest absolute Gasteiger partial charge is 0.333 e. The van der Waals surface area contributed by atoms with Crippen LogP contribution in [0.25, 0.3) is 11.0 Å². The van der Waals surface area contributed by atoms with Crippen molar-refractivity contribution in [3.8, 4) is 6.07 Å². The fraction of sp³-hybridized carbons (Fsp3) is 0.438. The minimum absolute atomic E-state index is 0.0502. The van der Waals surface area contributed by atoms with Gasteiger partial charge in [0.05, 0.1) is 11.5 Å². The minimum atomic E-state index is -0.585. The van der Waals surface area contributed by atoms with Crippen LogP contribution in [-0.2, 0) is 20.0 Å². The maximum atomic E-state index is 12.7. The molecule has 0 atom stereocenters. The summed E-state index contributed by atoms with van der Waals surface area (Å²) >= 11 is 0. The van der Waals surface area contributed by atoms with Gasteiger partial charge in [-0.2, -0.15) is 5.26 Å². The second kappa shape index (κ2) is 4.88. The van der Waals surface area contributed by atoms with E-state index < -0.39 is 11.2 Å². The number of carbonyl (C=O) groups is 1. The van der Waals surface area contributed by atoms with E-state index in [1.165, 1.54) is 17.8 Å². The van der Waals surface area contributed by atoms with Gasteiger partial charge >= 0.3 is 5.69 Å². The van der Waals surface area contributed by atoms with Crippen LogP contribution in [0.5, 0.6) is 0 Å². The van der Waals surface area contributed by atoms with Crippen molar-refractivity contribution in [3.63, 3.8) is 0 Å². The molecule has 23 heavy (non-hydrogen) atoms. The van der Waals surface area contributed by atoms with Gasteiger partial charge in [-0.3, -0.25) is 14.2 Å². The van der Waals surface area contributed by atoms with Gasteiger partial charge in [0, 0.05) is 25.2 Å². The van der Waals surface area contributed by atoms with Crippen LogP contribution in [0.15, 0.2) is 15.8 Å². The first kappa shape index (κ1) is 15.2. The summed E-state index contributed by atoms with van der Waals surface area (Å²) in [6.45, 7) is 3.61. The standard InChI is InChI=1S/C16H16N4O3/c1-16(2)6-9-10(11(21)7-16)8-18-13-12(9)14(22)20(5-4-17)15(23)19(13)3/h8H,5-7H2,1-3H3. The van der Waals surface area contributed by atoms with Crippen LogP contribution in [0.1, 0.15) is 36.2 Å². The van der Waals surface area contributed by atoms with Crippen molar-refractivity contribution < 1.29 is 4.79 Å². The average Bonchev–Trinajstić information content (AvgIpc) is 2.47. The van der Waals surface area contributed by atoms with Crippen LogP contribution in [-0.4, -0.2) is 19.9 Å². The number of nitriles is 1. The molecule has 0 saturated carbocycles. The summed E-state index contributed by atoms with van der Waals surface area (Å²) < 4.78 is 2.14. The molecule has 7 nitrogen and oxygen atoms in total. The second-order valence-corrected chi connectivity index (χ2v) is 6.68. The normalized spacial score (nSPS) is 16.2. The second-order valence-electron chi connectivity index (χ2n) is 6.68. The molecule has 1 aliphatic rings. The first-order valence-corrected chi connectivity index (χ1v) is 7.28. The van der Waals surface area contributed by atoms with E-state index >= 15 is 0 Å². The Balaban J connectivity index is 2.50. The first-order valence-electron chi connectivity index (χ1n) is 7.28. The highest BCUT2D eigenvalue weighted by atomic mass is 16.2. The molecule has 0 bridgehead atoms. The Morgan fingerprint density at radius 3 is 2.65 bits per heavy atom. The number of ketones is 1. The molecule has 0 radical (unpaired) electrons. The van der Waals surface area contributed by atoms with Gasteiger partial charge in [-0.1, -0.05) is 13.8 Å². The molecular formula is C16H16N4O3.